The lowest BCUT2D eigenvalue weighted by Gasteiger charge is -2.35. The molecule has 4 nitrogen and oxygen atoms in total. The van der Waals surface area contributed by atoms with Crippen molar-refractivity contribution in [2.24, 2.45) is 0 Å². The molecule has 1 aliphatic heterocycles. The van der Waals surface area contributed by atoms with Crippen LogP contribution < -0.4 is 4.74 Å². The summed E-state index contributed by atoms with van der Waals surface area (Å²) in [7, 11) is 0. The van der Waals surface area contributed by atoms with Crippen LogP contribution in [0.4, 0.5) is 0 Å². The minimum absolute atomic E-state index is 0.0450. The predicted octanol–water partition coefficient (Wildman–Crippen LogP) is 2.33. The van der Waals surface area contributed by atoms with Gasteiger partial charge in [-0.1, -0.05) is 6.07 Å². The molecular formula is C15H21NO3. The lowest BCUT2D eigenvalue weighted by atomic mass is 10.1. The molecule has 104 valence electrons. The fraction of sp³-hybridized carbons (Fsp3) is 0.533. The minimum atomic E-state index is 0.0450. The first-order valence-electron chi connectivity index (χ1n) is 6.77. The average molecular weight is 263 g/mol. The standard InChI is InChI=1S/C15H21NO3/c1-4-18-14-7-5-6-13(8-14)15(17)16-9-11(2)19-12(3)10-16/h5-8,11-12H,4,9-10H2,1-3H3. The zero-order valence-corrected chi connectivity index (χ0v) is 11.8. The fourth-order valence-corrected chi connectivity index (χ4v) is 2.41. The molecule has 19 heavy (non-hydrogen) atoms. The number of carbonyl (C=O) groups is 1. The summed E-state index contributed by atoms with van der Waals surface area (Å²) in [5.41, 5.74) is 0.673. The minimum Gasteiger partial charge on any atom is -0.494 e. The number of nitrogens with zero attached hydrogens (tertiary/aromatic N) is 1. The lowest BCUT2D eigenvalue weighted by molar-refractivity contribution is -0.0586. The second-order valence-electron chi connectivity index (χ2n) is 4.93. The molecule has 1 saturated heterocycles. The van der Waals surface area contributed by atoms with Gasteiger partial charge in [-0.15, -0.1) is 0 Å². The van der Waals surface area contributed by atoms with Gasteiger partial charge in [-0.3, -0.25) is 4.79 Å². The van der Waals surface area contributed by atoms with Crippen LogP contribution in [0.3, 0.4) is 0 Å². The van der Waals surface area contributed by atoms with Crippen molar-refractivity contribution in [2.45, 2.75) is 33.0 Å². The Hall–Kier alpha value is -1.55. The second-order valence-corrected chi connectivity index (χ2v) is 4.93. The molecule has 2 rings (SSSR count). The number of benzene rings is 1. The average Bonchev–Trinajstić information content (AvgIpc) is 2.37. The summed E-state index contributed by atoms with van der Waals surface area (Å²) in [6, 6.07) is 7.35. The van der Waals surface area contributed by atoms with Crippen molar-refractivity contribution in [3.8, 4) is 5.75 Å². The van der Waals surface area contributed by atoms with Crippen molar-refractivity contribution in [1.82, 2.24) is 4.90 Å². The van der Waals surface area contributed by atoms with Crippen LogP contribution in [0.1, 0.15) is 31.1 Å². The first-order valence-corrected chi connectivity index (χ1v) is 6.77. The molecular weight excluding hydrogens is 242 g/mol. The summed E-state index contributed by atoms with van der Waals surface area (Å²) in [6.07, 6.45) is 0.172. The number of ether oxygens (including phenoxy) is 2. The van der Waals surface area contributed by atoms with Crippen molar-refractivity contribution in [3.05, 3.63) is 29.8 Å². The van der Waals surface area contributed by atoms with Gasteiger partial charge in [0.2, 0.25) is 0 Å². The van der Waals surface area contributed by atoms with Crippen LogP contribution in [0.5, 0.6) is 5.75 Å². The molecule has 1 heterocycles. The van der Waals surface area contributed by atoms with Crippen molar-refractivity contribution in [2.75, 3.05) is 19.7 Å². The van der Waals surface area contributed by atoms with Crippen LogP contribution in [0.2, 0.25) is 0 Å². The van der Waals surface area contributed by atoms with Crippen LogP contribution in [-0.4, -0.2) is 42.7 Å². The molecule has 0 aromatic heterocycles. The van der Waals surface area contributed by atoms with Crippen LogP contribution in [0.15, 0.2) is 24.3 Å². The van der Waals surface area contributed by atoms with Gasteiger partial charge >= 0.3 is 0 Å². The molecule has 1 aromatic carbocycles. The molecule has 0 N–H and O–H groups in total. The first-order chi connectivity index (χ1) is 9.10. The van der Waals surface area contributed by atoms with Gasteiger partial charge in [-0.2, -0.15) is 0 Å². The Morgan fingerprint density at radius 1 is 1.37 bits per heavy atom. The van der Waals surface area contributed by atoms with E-state index in [0.717, 1.165) is 5.75 Å². The summed E-state index contributed by atoms with van der Waals surface area (Å²) in [5, 5.41) is 0. The molecule has 2 unspecified atom stereocenters. The molecule has 1 aromatic rings. The predicted molar refractivity (Wildman–Crippen MR) is 73.5 cm³/mol. The van der Waals surface area contributed by atoms with Crippen molar-refractivity contribution in [3.63, 3.8) is 0 Å². The molecule has 0 aliphatic carbocycles. The third kappa shape index (κ3) is 3.47. The summed E-state index contributed by atoms with van der Waals surface area (Å²) in [5.74, 6) is 0.784. The van der Waals surface area contributed by atoms with Gasteiger partial charge in [-0.05, 0) is 39.0 Å². The molecule has 1 aliphatic rings. The number of amides is 1. The van der Waals surface area contributed by atoms with E-state index in [1.165, 1.54) is 0 Å². The molecule has 1 amide bonds. The van der Waals surface area contributed by atoms with Gasteiger partial charge in [-0.25, -0.2) is 0 Å². The van der Waals surface area contributed by atoms with Crippen LogP contribution in [0, 0.1) is 0 Å². The van der Waals surface area contributed by atoms with Gasteiger partial charge < -0.3 is 14.4 Å². The summed E-state index contributed by atoms with van der Waals surface area (Å²) in [6.45, 7) is 7.80. The van der Waals surface area contributed by atoms with E-state index in [0.29, 0.717) is 25.3 Å². The van der Waals surface area contributed by atoms with Crippen LogP contribution >= 0.6 is 0 Å². The summed E-state index contributed by atoms with van der Waals surface area (Å²) in [4.78, 5) is 14.3. The monoisotopic (exact) mass is 263 g/mol. The largest absolute Gasteiger partial charge is 0.494 e. The molecule has 4 heteroatoms. The number of rotatable bonds is 3. The van der Waals surface area contributed by atoms with Gasteiger partial charge in [0.15, 0.2) is 0 Å². The zero-order valence-electron chi connectivity index (χ0n) is 11.8. The third-order valence-corrected chi connectivity index (χ3v) is 3.10. The third-order valence-electron chi connectivity index (χ3n) is 3.10. The second kappa shape index (κ2) is 6.06. The maximum absolute atomic E-state index is 12.5. The quantitative estimate of drug-likeness (QED) is 0.840. The highest BCUT2D eigenvalue weighted by Gasteiger charge is 2.26. The van der Waals surface area contributed by atoms with Crippen molar-refractivity contribution < 1.29 is 14.3 Å². The van der Waals surface area contributed by atoms with E-state index < -0.39 is 0 Å². The number of hydrogen-bond acceptors (Lipinski definition) is 3. The SMILES string of the molecule is CCOc1cccc(C(=O)N2CC(C)OC(C)C2)c1. The Morgan fingerprint density at radius 2 is 2.05 bits per heavy atom. The number of hydrogen-bond donors (Lipinski definition) is 0. The molecule has 0 bridgehead atoms. The number of carbonyl (C=O) groups excluding carboxylic acids is 1. The molecule has 0 spiro atoms. The topological polar surface area (TPSA) is 38.8 Å². The van der Waals surface area contributed by atoms with Gasteiger partial charge in [0.25, 0.3) is 5.91 Å². The smallest absolute Gasteiger partial charge is 0.254 e. The van der Waals surface area contributed by atoms with E-state index in [2.05, 4.69) is 0 Å². The summed E-state index contributed by atoms with van der Waals surface area (Å²) >= 11 is 0. The Bertz CT molecular complexity index is 437. The van der Waals surface area contributed by atoms with Crippen molar-refractivity contribution >= 4 is 5.91 Å². The van der Waals surface area contributed by atoms with E-state index in [1.54, 1.807) is 6.07 Å². The number of morpholine rings is 1. The maximum atomic E-state index is 12.5. The fourth-order valence-electron chi connectivity index (χ4n) is 2.41. The normalized spacial score (nSPS) is 23.2. The maximum Gasteiger partial charge on any atom is 0.254 e. The Kier molecular flexibility index (Phi) is 4.43. The highest BCUT2D eigenvalue weighted by Crippen LogP contribution is 2.18. The molecule has 1 fully saturated rings. The highest BCUT2D eigenvalue weighted by atomic mass is 16.5. The van der Waals surface area contributed by atoms with E-state index in [-0.39, 0.29) is 18.1 Å². The van der Waals surface area contributed by atoms with Crippen LogP contribution in [0.25, 0.3) is 0 Å². The molecule has 0 saturated carbocycles. The Balaban J connectivity index is 2.12. The molecule has 0 radical (unpaired) electrons. The van der Waals surface area contributed by atoms with E-state index in [1.807, 2.05) is 43.9 Å². The molecule has 2 atom stereocenters. The van der Waals surface area contributed by atoms with Gasteiger partial charge in [0.05, 0.1) is 18.8 Å². The lowest BCUT2D eigenvalue weighted by Crippen LogP contribution is -2.48. The van der Waals surface area contributed by atoms with Gasteiger partial charge in [0, 0.05) is 18.7 Å². The Morgan fingerprint density at radius 3 is 2.68 bits per heavy atom. The van der Waals surface area contributed by atoms with E-state index in [4.69, 9.17) is 9.47 Å². The highest BCUT2D eigenvalue weighted by molar-refractivity contribution is 5.94. The van der Waals surface area contributed by atoms with Gasteiger partial charge in [0.1, 0.15) is 5.75 Å². The summed E-state index contributed by atoms with van der Waals surface area (Å²) < 4.78 is 11.1. The van der Waals surface area contributed by atoms with E-state index >= 15 is 0 Å². The van der Waals surface area contributed by atoms with Crippen molar-refractivity contribution in [1.29, 1.82) is 0 Å². The Labute approximate surface area is 114 Å². The zero-order chi connectivity index (χ0) is 13.8. The van der Waals surface area contributed by atoms with E-state index in [9.17, 15) is 4.79 Å². The first kappa shape index (κ1) is 13.9. The van der Waals surface area contributed by atoms with Crippen LogP contribution in [-0.2, 0) is 4.74 Å².